The highest BCUT2D eigenvalue weighted by molar-refractivity contribution is 5.95. The number of aryl methyl sites for hydroxylation is 2. The number of carbonyl (C=O) groups is 1. The van der Waals surface area contributed by atoms with Crippen LogP contribution in [-0.4, -0.2) is 26.7 Å². The lowest BCUT2D eigenvalue weighted by molar-refractivity contribution is -0.117. The van der Waals surface area contributed by atoms with Gasteiger partial charge in [0, 0.05) is 24.2 Å². The minimum Gasteiger partial charge on any atom is -0.324 e. The van der Waals surface area contributed by atoms with E-state index in [-0.39, 0.29) is 5.91 Å². The van der Waals surface area contributed by atoms with Crippen molar-refractivity contribution in [2.75, 3.05) is 5.32 Å². The molecule has 0 saturated heterocycles. The van der Waals surface area contributed by atoms with Gasteiger partial charge in [-0.05, 0) is 38.3 Å². The minimum atomic E-state index is -0.539. The molecule has 6 heteroatoms. The largest absolute Gasteiger partial charge is 0.324 e. The van der Waals surface area contributed by atoms with Crippen molar-refractivity contribution in [3.8, 4) is 11.4 Å². The maximum absolute atomic E-state index is 11.9. The zero-order valence-corrected chi connectivity index (χ0v) is 13.7. The van der Waals surface area contributed by atoms with Crippen molar-refractivity contribution >= 4 is 11.6 Å². The third-order valence-corrected chi connectivity index (χ3v) is 4.28. The number of nitrogens with two attached hydrogens (primary N) is 1. The summed E-state index contributed by atoms with van der Waals surface area (Å²) in [4.78, 5) is 11.9. The fourth-order valence-corrected chi connectivity index (χ4v) is 2.84. The van der Waals surface area contributed by atoms with Gasteiger partial charge in [-0.2, -0.15) is 0 Å². The SMILES string of the molecule is Cc1ccc(-c2nnc3n2CCCCC3)cc1NC(=O)C(C)N. The fraction of sp³-hybridized carbons (Fsp3) is 0.471. The summed E-state index contributed by atoms with van der Waals surface area (Å²) < 4.78 is 2.20. The Kier molecular flexibility index (Phi) is 4.43. The molecule has 3 N–H and O–H groups in total. The molecule has 0 bridgehead atoms. The van der Waals surface area contributed by atoms with E-state index in [2.05, 4.69) is 20.1 Å². The molecule has 1 unspecified atom stereocenters. The quantitative estimate of drug-likeness (QED) is 0.910. The van der Waals surface area contributed by atoms with E-state index < -0.39 is 6.04 Å². The molecular formula is C17H23N5O. The summed E-state index contributed by atoms with van der Waals surface area (Å²) in [6, 6.07) is 5.43. The molecule has 1 aliphatic rings. The average molecular weight is 313 g/mol. The topological polar surface area (TPSA) is 85.8 Å². The number of hydrogen-bond acceptors (Lipinski definition) is 4. The summed E-state index contributed by atoms with van der Waals surface area (Å²) in [5.41, 5.74) is 8.38. The number of nitrogens with zero attached hydrogens (tertiary/aromatic N) is 3. The molecule has 0 aliphatic carbocycles. The molecule has 1 amide bonds. The zero-order chi connectivity index (χ0) is 16.4. The Labute approximate surface area is 136 Å². The second kappa shape index (κ2) is 6.50. The number of benzene rings is 1. The van der Waals surface area contributed by atoms with Crippen molar-refractivity contribution in [1.29, 1.82) is 0 Å². The van der Waals surface area contributed by atoms with E-state index in [0.717, 1.165) is 47.8 Å². The first-order valence-electron chi connectivity index (χ1n) is 8.16. The van der Waals surface area contributed by atoms with Gasteiger partial charge in [-0.15, -0.1) is 10.2 Å². The van der Waals surface area contributed by atoms with Gasteiger partial charge in [-0.3, -0.25) is 4.79 Å². The number of hydrogen-bond donors (Lipinski definition) is 2. The summed E-state index contributed by atoms with van der Waals surface area (Å²) in [5, 5.41) is 11.6. The highest BCUT2D eigenvalue weighted by atomic mass is 16.2. The standard InChI is InChI=1S/C17H23N5O/c1-11-7-8-13(10-14(11)19-17(23)12(2)18)16-21-20-15-6-4-3-5-9-22(15)16/h7-8,10,12H,3-6,9,18H2,1-2H3,(H,19,23). The van der Waals surface area contributed by atoms with E-state index in [1.165, 1.54) is 12.8 Å². The first-order valence-corrected chi connectivity index (χ1v) is 8.16. The first kappa shape index (κ1) is 15.7. The third kappa shape index (κ3) is 3.27. The maximum atomic E-state index is 11.9. The second-order valence-corrected chi connectivity index (χ2v) is 6.21. The molecule has 1 atom stereocenters. The van der Waals surface area contributed by atoms with Crippen molar-refractivity contribution in [2.45, 2.75) is 52.1 Å². The molecule has 0 radical (unpaired) electrons. The van der Waals surface area contributed by atoms with E-state index in [1.807, 2.05) is 25.1 Å². The molecule has 0 fully saturated rings. The summed E-state index contributed by atoms with van der Waals surface area (Å²) in [6.45, 7) is 4.59. The summed E-state index contributed by atoms with van der Waals surface area (Å²) in [6.07, 6.45) is 4.53. The molecule has 0 spiro atoms. The number of carbonyl (C=O) groups excluding carboxylic acids is 1. The lowest BCUT2D eigenvalue weighted by atomic mass is 10.1. The fourth-order valence-electron chi connectivity index (χ4n) is 2.84. The number of amides is 1. The van der Waals surface area contributed by atoms with E-state index in [0.29, 0.717) is 0 Å². The van der Waals surface area contributed by atoms with Gasteiger partial charge in [0.25, 0.3) is 0 Å². The zero-order valence-electron chi connectivity index (χ0n) is 13.7. The molecular weight excluding hydrogens is 290 g/mol. The molecule has 1 aliphatic heterocycles. The van der Waals surface area contributed by atoms with Crippen LogP contribution in [0, 0.1) is 6.92 Å². The molecule has 23 heavy (non-hydrogen) atoms. The second-order valence-electron chi connectivity index (χ2n) is 6.21. The summed E-state index contributed by atoms with van der Waals surface area (Å²) >= 11 is 0. The van der Waals surface area contributed by atoms with Gasteiger partial charge in [-0.1, -0.05) is 18.6 Å². The van der Waals surface area contributed by atoms with Crippen LogP contribution in [0.1, 0.15) is 37.6 Å². The number of nitrogens with one attached hydrogen (secondary N) is 1. The van der Waals surface area contributed by atoms with Crippen LogP contribution < -0.4 is 11.1 Å². The average Bonchev–Trinajstić information content (AvgIpc) is 2.78. The normalized spacial score (nSPS) is 15.6. The van der Waals surface area contributed by atoms with Crippen LogP contribution in [0.5, 0.6) is 0 Å². The maximum Gasteiger partial charge on any atom is 0.241 e. The molecule has 2 aromatic rings. The Balaban J connectivity index is 1.95. The van der Waals surface area contributed by atoms with Crippen LogP contribution in [0.15, 0.2) is 18.2 Å². The highest BCUT2D eigenvalue weighted by Gasteiger charge is 2.17. The molecule has 2 heterocycles. The number of anilines is 1. The van der Waals surface area contributed by atoms with Crippen molar-refractivity contribution in [3.63, 3.8) is 0 Å². The van der Waals surface area contributed by atoms with E-state index in [4.69, 9.17) is 5.73 Å². The molecule has 1 aromatic heterocycles. The lowest BCUT2D eigenvalue weighted by Gasteiger charge is -2.13. The Morgan fingerprint density at radius 2 is 2.13 bits per heavy atom. The minimum absolute atomic E-state index is 0.190. The molecule has 3 rings (SSSR count). The summed E-state index contributed by atoms with van der Waals surface area (Å²) in [7, 11) is 0. The van der Waals surface area contributed by atoms with E-state index >= 15 is 0 Å². The van der Waals surface area contributed by atoms with Crippen LogP contribution in [0.3, 0.4) is 0 Å². The predicted molar refractivity (Wildman–Crippen MR) is 90.0 cm³/mol. The smallest absolute Gasteiger partial charge is 0.241 e. The number of aromatic nitrogens is 3. The Bertz CT molecular complexity index is 720. The van der Waals surface area contributed by atoms with Gasteiger partial charge < -0.3 is 15.6 Å². The van der Waals surface area contributed by atoms with Crippen LogP contribution >= 0.6 is 0 Å². The van der Waals surface area contributed by atoms with Crippen molar-refractivity contribution < 1.29 is 4.79 Å². The van der Waals surface area contributed by atoms with Gasteiger partial charge in [0.1, 0.15) is 5.82 Å². The van der Waals surface area contributed by atoms with Crippen molar-refractivity contribution in [2.24, 2.45) is 5.73 Å². The van der Waals surface area contributed by atoms with Gasteiger partial charge in [0.05, 0.1) is 6.04 Å². The molecule has 6 nitrogen and oxygen atoms in total. The molecule has 122 valence electrons. The van der Waals surface area contributed by atoms with Crippen LogP contribution in [0.4, 0.5) is 5.69 Å². The van der Waals surface area contributed by atoms with Gasteiger partial charge in [0.15, 0.2) is 5.82 Å². The number of rotatable bonds is 3. The van der Waals surface area contributed by atoms with E-state index in [9.17, 15) is 4.79 Å². The van der Waals surface area contributed by atoms with Gasteiger partial charge in [0.2, 0.25) is 5.91 Å². The van der Waals surface area contributed by atoms with Gasteiger partial charge >= 0.3 is 0 Å². The molecule has 1 aromatic carbocycles. The van der Waals surface area contributed by atoms with Crippen LogP contribution in [0.25, 0.3) is 11.4 Å². The predicted octanol–water partition coefficient (Wildman–Crippen LogP) is 2.27. The van der Waals surface area contributed by atoms with E-state index in [1.54, 1.807) is 6.92 Å². The number of fused-ring (bicyclic) bond motifs is 1. The Hall–Kier alpha value is -2.21. The highest BCUT2D eigenvalue weighted by Crippen LogP contribution is 2.26. The van der Waals surface area contributed by atoms with Crippen molar-refractivity contribution in [1.82, 2.24) is 14.8 Å². The first-order chi connectivity index (χ1) is 11.1. The Morgan fingerprint density at radius 3 is 2.91 bits per heavy atom. The van der Waals surface area contributed by atoms with Gasteiger partial charge in [-0.25, -0.2) is 0 Å². The monoisotopic (exact) mass is 313 g/mol. The lowest BCUT2D eigenvalue weighted by Crippen LogP contribution is -2.32. The Morgan fingerprint density at radius 1 is 1.30 bits per heavy atom. The third-order valence-electron chi connectivity index (χ3n) is 4.28. The van der Waals surface area contributed by atoms with Crippen LogP contribution in [-0.2, 0) is 17.8 Å². The molecule has 0 saturated carbocycles. The van der Waals surface area contributed by atoms with Crippen molar-refractivity contribution in [3.05, 3.63) is 29.6 Å². The summed E-state index contributed by atoms with van der Waals surface area (Å²) in [5.74, 6) is 1.74. The van der Waals surface area contributed by atoms with Crippen LogP contribution in [0.2, 0.25) is 0 Å².